The maximum atomic E-state index is 12.4. The van der Waals surface area contributed by atoms with Crippen LogP contribution in [0.1, 0.15) is 19.4 Å². The maximum Gasteiger partial charge on any atom is 0.244 e. The highest BCUT2D eigenvalue weighted by Gasteiger charge is 2.22. The van der Waals surface area contributed by atoms with Crippen molar-refractivity contribution >= 4 is 54.2 Å². The van der Waals surface area contributed by atoms with Gasteiger partial charge in [0.05, 0.1) is 21.2 Å². The molecule has 0 aliphatic carbocycles. The summed E-state index contributed by atoms with van der Waals surface area (Å²) in [4.78, 5) is 28.0. The number of aromatic nitrogens is 1. The Morgan fingerprint density at radius 2 is 1.76 bits per heavy atom. The van der Waals surface area contributed by atoms with Gasteiger partial charge in [-0.15, -0.1) is 0 Å². The summed E-state index contributed by atoms with van der Waals surface area (Å²) in [6, 6.07) is 10.6. The minimum Gasteiger partial charge on any atom is -0.326 e. The van der Waals surface area contributed by atoms with E-state index in [1.54, 1.807) is 30.3 Å². The fourth-order valence-corrected chi connectivity index (χ4v) is 4.66. The van der Waals surface area contributed by atoms with Crippen LogP contribution in [0.15, 0.2) is 47.4 Å². The van der Waals surface area contributed by atoms with Crippen molar-refractivity contribution in [3.8, 4) is 0 Å². The quantitative estimate of drug-likeness (QED) is 0.554. The van der Waals surface area contributed by atoms with E-state index in [-0.39, 0.29) is 10.8 Å². The average Bonchev–Trinajstić information content (AvgIpc) is 3.02. The van der Waals surface area contributed by atoms with Crippen molar-refractivity contribution in [1.29, 1.82) is 0 Å². The summed E-state index contributed by atoms with van der Waals surface area (Å²) in [5, 5.41) is 5.65. The highest BCUT2D eigenvalue weighted by atomic mass is 32.2. The summed E-state index contributed by atoms with van der Waals surface area (Å²) in [5.74, 6) is -0.709. The third kappa shape index (κ3) is 5.17. The third-order valence-electron chi connectivity index (χ3n) is 4.00. The Morgan fingerprint density at radius 1 is 1.07 bits per heavy atom. The lowest BCUT2D eigenvalue weighted by Gasteiger charge is -2.13. The van der Waals surface area contributed by atoms with E-state index in [2.05, 4.69) is 20.3 Å². The first-order valence-corrected chi connectivity index (χ1v) is 11.0. The van der Waals surface area contributed by atoms with Crippen LogP contribution in [0.4, 0.5) is 10.8 Å². The summed E-state index contributed by atoms with van der Waals surface area (Å²) < 4.78 is 28.0. The van der Waals surface area contributed by atoms with Gasteiger partial charge in [-0.3, -0.25) is 9.59 Å². The van der Waals surface area contributed by atoms with Crippen LogP contribution in [-0.4, -0.2) is 31.3 Å². The molecule has 2 aromatic carbocycles. The number of carbonyl (C=O) groups is 2. The molecule has 1 heterocycles. The van der Waals surface area contributed by atoms with Crippen molar-refractivity contribution in [1.82, 2.24) is 9.71 Å². The molecule has 3 N–H and O–H groups in total. The van der Waals surface area contributed by atoms with Crippen LogP contribution < -0.4 is 15.4 Å². The first kappa shape index (κ1) is 20.9. The minimum atomic E-state index is -3.82. The van der Waals surface area contributed by atoms with E-state index in [1.807, 2.05) is 6.92 Å². The van der Waals surface area contributed by atoms with Crippen LogP contribution >= 0.6 is 11.3 Å². The number of aryl methyl sites for hydroxylation is 1. The second-order valence-electron chi connectivity index (χ2n) is 6.53. The number of rotatable bonds is 6. The van der Waals surface area contributed by atoms with Gasteiger partial charge in [-0.05, 0) is 44.2 Å². The van der Waals surface area contributed by atoms with E-state index < -0.39 is 22.0 Å². The van der Waals surface area contributed by atoms with Crippen molar-refractivity contribution in [2.45, 2.75) is 31.7 Å². The summed E-state index contributed by atoms with van der Waals surface area (Å²) in [6.45, 7) is 4.74. The minimum absolute atomic E-state index is 0.0910. The Labute approximate surface area is 172 Å². The van der Waals surface area contributed by atoms with Gasteiger partial charge in [0.2, 0.25) is 21.8 Å². The van der Waals surface area contributed by atoms with Gasteiger partial charge >= 0.3 is 0 Å². The molecule has 0 radical (unpaired) electrons. The Hall–Kier alpha value is -2.82. The number of fused-ring (bicyclic) bond motifs is 1. The monoisotopic (exact) mass is 432 g/mol. The maximum absolute atomic E-state index is 12.4. The van der Waals surface area contributed by atoms with Crippen molar-refractivity contribution in [3.05, 3.63) is 48.0 Å². The number of anilines is 2. The topological polar surface area (TPSA) is 117 Å². The zero-order valence-corrected chi connectivity index (χ0v) is 17.6. The van der Waals surface area contributed by atoms with Crippen molar-refractivity contribution in [2.75, 3.05) is 10.6 Å². The van der Waals surface area contributed by atoms with Gasteiger partial charge in [0.25, 0.3) is 0 Å². The number of benzene rings is 2. The first-order valence-electron chi connectivity index (χ1n) is 8.72. The predicted octanol–water partition coefficient (Wildman–Crippen LogP) is 2.87. The van der Waals surface area contributed by atoms with E-state index in [4.69, 9.17) is 0 Å². The van der Waals surface area contributed by atoms with Gasteiger partial charge in [-0.1, -0.05) is 29.0 Å². The van der Waals surface area contributed by atoms with Crippen LogP contribution in [0.2, 0.25) is 0 Å². The lowest BCUT2D eigenvalue weighted by molar-refractivity contribution is -0.117. The number of amides is 2. The lowest BCUT2D eigenvalue weighted by Crippen LogP contribution is -2.41. The molecule has 8 nitrogen and oxygen atoms in total. The summed E-state index contributed by atoms with van der Waals surface area (Å²) in [5.41, 5.74) is 2.23. The normalized spacial score (nSPS) is 12.5. The highest BCUT2D eigenvalue weighted by Crippen LogP contribution is 2.28. The molecule has 2 amide bonds. The number of nitrogens with zero attached hydrogens (tertiary/aromatic N) is 1. The number of thiazole rings is 1. The standard InChI is InChI=1S/C19H20N4O4S2/c1-11-4-7-15(8-5-11)29(26,27)23-12(2)18(25)22-19-21-16-9-6-14(20-13(3)24)10-17(16)28-19/h4-10,12,23H,1-3H3,(H,20,24)(H,21,22,25)/t12-/m0/s1. The Bertz CT molecular complexity index is 1170. The first-order chi connectivity index (χ1) is 13.6. The van der Waals surface area contributed by atoms with Crippen molar-refractivity contribution in [2.24, 2.45) is 0 Å². The van der Waals surface area contributed by atoms with E-state index in [9.17, 15) is 18.0 Å². The zero-order valence-electron chi connectivity index (χ0n) is 16.0. The molecule has 3 rings (SSSR count). The van der Waals surface area contributed by atoms with Crippen LogP contribution in [0.5, 0.6) is 0 Å². The zero-order chi connectivity index (χ0) is 21.2. The molecule has 0 spiro atoms. The smallest absolute Gasteiger partial charge is 0.244 e. The number of nitrogens with one attached hydrogen (secondary N) is 3. The molecule has 10 heteroatoms. The Kier molecular flexibility index (Phi) is 5.96. The van der Waals surface area contributed by atoms with Crippen LogP contribution in [-0.2, 0) is 19.6 Å². The molecule has 1 aromatic heterocycles. The van der Waals surface area contributed by atoms with Crippen LogP contribution in [0, 0.1) is 6.92 Å². The molecule has 3 aromatic rings. The number of hydrogen-bond acceptors (Lipinski definition) is 6. The van der Waals surface area contributed by atoms with E-state index in [0.29, 0.717) is 16.3 Å². The second-order valence-corrected chi connectivity index (χ2v) is 9.27. The molecule has 152 valence electrons. The number of carbonyl (C=O) groups excluding carboxylic acids is 2. The Balaban J connectivity index is 1.70. The van der Waals surface area contributed by atoms with Crippen molar-refractivity contribution < 1.29 is 18.0 Å². The molecule has 0 unspecified atom stereocenters. The van der Waals surface area contributed by atoms with Gasteiger partial charge in [-0.2, -0.15) is 4.72 Å². The second kappa shape index (κ2) is 8.27. The lowest BCUT2D eigenvalue weighted by atomic mass is 10.2. The SMILES string of the molecule is CC(=O)Nc1ccc2nc(NC(=O)[C@H](C)NS(=O)(=O)c3ccc(C)cc3)sc2c1. The fourth-order valence-electron chi connectivity index (χ4n) is 2.54. The molecule has 0 aliphatic rings. The van der Waals surface area contributed by atoms with Gasteiger partial charge in [-0.25, -0.2) is 13.4 Å². The molecule has 0 saturated carbocycles. The van der Waals surface area contributed by atoms with E-state index in [1.165, 1.54) is 37.3 Å². The molecule has 1 atom stereocenters. The molecule has 0 fully saturated rings. The molecular weight excluding hydrogens is 412 g/mol. The molecule has 29 heavy (non-hydrogen) atoms. The van der Waals surface area contributed by atoms with E-state index in [0.717, 1.165) is 10.3 Å². The van der Waals surface area contributed by atoms with Gasteiger partial charge in [0.1, 0.15) is 0 Å². The largest absolute Gasteiger partial charge is 0.326 e. The summed E-state index contributed by atoms with van der Waals surface area (Å²) >= 11 is 1.23. The van der Waals surface area contributed by atoms with Crippen LogP contribution in [0.25, 0.3) is 10.2 Å². The van der Waals surface area contributed by atoms with Gasteiger partial charge < -0.3 is 10.6 Å². The number of sulfonamides is 1. The van der Waals surface area contributed by atoms with Gasteiger partial charge in [0.15, 0.2) is 5.13 Å². The molecule has 0 bridgehead atoms. The third-order valence-corrected chi connectivity index (χ3v) is 6.49. The van der Waals surface area contributed by atoms with Crippen molar-refractivity contribution in [3.63, 3.8) is 0 Å². The average molecular weight is 433 g/mol. The van der Waals surface area contributed by atoms with E-state index >= 15 is 0 Å². The highest BCUT2D eigenvalue weighted by molar-refractivity contribution is 7.89. The predicted molar refractivity (Wildman–Crippen MR) is 114 cm³/mol. The molecule has 0 saturated heterocycles. The molecule has 0 aliphatic heterocycles. The Morgan fingerprint density at radius 3 is 2.41 bits per heavy atom. The summed E-state index contributed by atoms with van der Waals surface area (Å²) in [7, 11) is -3.82. The fraction of sp³-hybridized carbons (Fsp3) is 0.211. The van der Waals surface area contributed by atoms with Crippen LogP contribution in [0.3, 0.4) is 0 Å². The van der Waals surface area contributed by atoms with Gasteiger partial charge in [0, 0.05) is 12.6 Å². The summed E-state index contributed by atoms with van der Waals surface area (Å²) in [6.07, 6.45) is 0. The number of hydrogen-bond donors (Lipinski definition) is 3. The molecular formula is C19H20N4O4S2.